The molecule has 0 saturated carbocycles. The van der Waals surface area contributed by atoms with Gasteiger partial charge >= 0.3 is 0 Å². The highest BCUT2D eigenvalue weighted by molar-refractivity contribution is 5.35. The molecule has 0 fully saturated rings. The minimum atomic E-state index is -0.600. The summed E-state index contributed by atoms with van der Waals surface area (Å²) >= 11 is 0. The summed E-state index contributed by atoms with van der Waals surface area (Å²) in [6.07, 6.45) is 1.13. The fourth-order valence-corrected chi connectivity index (χ4v) is 2.05. The van der Waals surface area contributed by atoms with E-state index in [9.17, 15) is 5.11 Å². The van der Waals surface area contributed by atoms with Crippen molar-refractivity contribution in [1.82, 2.24) is 9.78 Å². The maximum Gasteiger partial charge on any atom is 0.121 e. The molecular weight excluding hydrogens is 212 g/mol. The molecule has 1 atom stereocenters. The highest BCUT2D eigenvalue weighted by Crippen LogP contribution is 2.25. The zero-order valence-corrected chi connectivity index (χ0v) is 10.5. The summed E-state index contributed by atoms with van der Waals surface area (Å²) in [6, 6.07) is 8.01. The van der Waals surface area contributed by atoms with Crippen molar-refractivity contribution in [2.75, 3.05) is 0 Å². The van der Waals surface area contributed by atoms with Gasteiger partial charge in [-0.2, -0.15) is 5.10 Å². The summed E-state index contributed by atoms with van der Waals surface area (Å²) in [7, 11) is 0. The van der Waals surface area contributed by atoms with Crippen LogP contribution in [0.4, 0.5) is 0 Å². The first-order chi connectivity index (χ1) is 8.13. The molecule has 1 aromatic heterocycles. The van der Waals surface area contributed by atoms with Crippen molar-refractivity contribution in [2.45, 2.75) is 33.4 Å². The Hall–Kier alpha value is -1.61. The van der Waals surface area contributed by atoms with Gasteiger partial charge < -0.3 is 5.11 Å². The lowest BCUT2D eigenvalue weighted by Crippen LogP contribution is -2.10. The summed E-state index contributed by atoms with van der Waals surface area (Å²) in [6.45, 7) is 6.84. The van der Waals surface area contributed by atoms with Crippen LogP contribution in [0.25, 0.3) is 0 Å². The molecule has 0 aliphatic rings. The van der Waals surface area contributed by atoms with Gasteiger partial charge in [0.25, 0.3) is 0 Å². The van der Waals surface area contributed by atoms with E-state index in [-0.39, 0.29) is 0 Å². The van der Waals surface area contributed by atoms with Gasteiger partial charge in [0.1, 0.15) is 6.10 Å². The lowest BCUT2D eigenvalue weighted by molar-refractivity contribution is 0.207. The van der Waals surface area contributed by atoms with Crippen LogP contribution in [0.1, 0.15) is 35.4 Å². The Labute approximate surface area is 102 Å². The molecule has 1 unspecified atom stereocenters. The Bertz CT molecular complexity index is 517. The van der Waals surface area contributed by atoms with E-state index in [1.54, 1.807) is 6.20 Å². The molecule has 0 bridgehead atoms. The lowest BCUT2D eigenvalue weighted by Gasteiger charge is -2.15. The van der Waals surface area contributed by atoms with E-state index in [4.69, 9.17) is 0 Å². The highest BCUT2D eigenvalue weighted by Gasteiger charge is 2.16. The smallest absolute Gasteiger partial charge is 0.121 e. The van der Waals surface area contributed by atoms with Crippen LogP contribution in [0.2, 0.25) is 0 Å². The Balaban J connectivity index is 2.43. The number of nitrogens with zero attached hydrogens (tertiary/aromatic N) is 2. The van der Waals surface area contributed by atoms with Gasteiger partial charge in [-0.1, -0.05) is 23.8 Å². The Morgan fingerprint density at radius 3 is 2.76 bits per heavy atom. The normalized spacial score (nSPS) is 12.7. The Kier molecular flexibility index (Phi) is 3.29. The van der Waals surface area contributed by atoms with Crippen LogP contribution in [0.5, 0.6) is 0 Å². The molecule has 1 aromatic carbocycles. The molecule has 0 spiro atoms. The van der Waals surface area contributed by atoms with E-state index < -0.39 is 6.10 Å². The topological polar surface area (TPSA) is 38.0 Å². The van der Waals surface area contributed by atoms with E-state index >= 15 is 0 Å². The first-order valence-corrected chi connectivity index (χ1v) is 5.90. The second-order valence-corrected chi connectivity index (χ2v) is 4.33. The van der Waals surface area contributed by atoms with Gasteiger partial charge in [0.15, 0.2) is 0 Å². The van der Waals surface area contributed by atoms with Crippen molar-refractivity contribution < 1.29 is 5.11 Å². The van der Waals surface area contributed by atoms with Crippen molar-refractivity contribution in [3.63, 3.8) is 0 Å². The Morgan fingerprint density at radius 1 is 1.29 bits per heavy atom. The van der Waals surface area contributed by atoms with Gasteiger partial charge in [0.05, 0.1) is 5.69 Å². The van der Waals surface area contributed by atoms with Crippen molar-refractivity contribution >= 4 is 0 Å². The minimum absolute atomic E-state index is 0.600. The fraction of sp³-hybridized carbons (Fsp3) is 0.357. The summed E-state index contributed by atoms with van der Waals surface area (Å²) in [5.74, 6) is 0. The standard InChI is InChI=1S/C14H18N2O/c1-4-16-13(7-8-15-16)14(17)12-9-10(2)5-6-11(12)3/h5-9,14,17H,4H2,1-3H3. The van der Waals surface area contributed by atoms with Gasteiger partial charge in [-0.15, -0.1) is 0 Å². The number of hydrogen-bond donors (Lipinski definition) is 1. The minimum Gasteiger partial charge on any atom is -0.382 e. The van der Waals surface area contributed by atoms with Crippen molar-refractivity contribution in [3.8, 4) is 0 Å². The van der Waals surface area contributed by atoms with Crippen LogP contribution in [0.15, 0.2) is 30.5 Å². The van der Waals surface area contributed by atoms with Crippen molar-refractivity contribution in [2.24, 2.45) is 0 Å². The number of aliphatic hydroxyl groups excluding tert-OH is 1. The monoisotopic (exact) mass is 230 g/mol. The molecule has 0 aliphatic heterocycles. The van der Waals surface area contributed by atoms with Crippen LogP contribution in [-0.2, 0) is 6.54 Å². The maximum atomic E-state index is 10.4. The average Bonchev–Trinajstić information content (AvgIpc) is 2.79. The number of aliphatic hydroxyl groups is 1. The predicted octanol–water partition coefficient (Wildman–Crippen LogP) is 2.60. The molecule has 1 heterocycles. The first kappa shape index (κ1) is 11.9. The van der Waals surface area contributed by atoms with Gasteiger partial charge in [-0.25, -0.2) is 0 Å². The number of rotatable bonds is 3. The number of aryl methyl sites for hydroxylation is 3. The Morgan fingerprint density at radius 2 is 2.06 bits per heavy atom. The van der Waals surface area contributed by atoms with Gasteiger partial charge in [0.2, 0.25) is 0 Å². The van der Waals surface area contributed by atoms with E-state index in [2.05, 4.69) is 11.2 Å². The molecule has 17 heavy (non-hydrogen) atoms. The molecule has 0 saturated heterocycles. The first-order valence-electron chi connectivity index (χ1n) is 5.90. The molecule has 2 aromatic rings. The van der Waals surface area contributed by atoms with Crippen LogP contribution < -0.4 is 0 Å². The van der Waals surface area contributed by atoms with Gasteiger partial charge in [-0.3, -0.25) is 4.68 Å². The fourth-order valence-electron chi connectivity index (χ4n) is 2.05. The summed E-state index contributed by atoms with van der Waals surface area (Å²) in [4.78, 5) is 0. The molecule has 0 radical (unpaired) electrons. The number of benzene rings is 1. The van der Waals surface area contributed by atoms with Crippen LogP contribution >= 0.6 is 0 Å². The summed E-state index contributed by atoms with van der Waals surface area (Å²) in [5, 5.41) is 14.6. The molecule has 3 heteroatoms. The highest BCUT2D eigenvalue weighted by atomic mass is 16.3. The summed E-state index contributed by atoms with van der Waals surface area (Å²) in [5.41, 5.74) is 4.07. The van der Waals surface area contributed by atoms with Gasteiger partial charge in [0, 0.05) is 12.7 Å². The van der Waals surface area contributed by atoms with E-state index in [0.717, 1.165) is 28.9 Å². The lowest BCUT2D eigenvalue weighted by atomic mass is 9.99. The molecule has 0 aliphatic carbocycles. The van der Waals surface area contributed by atoms with Crippen molar-refractivity contribution in [1.29, 1.82) is 0 Å². The maximum absolute atomic E-state index is 10.4. The van der Waals surface area contributed by atoms with Gasteiger partial charge in [-0.05, 0) is 38.0 Å². The third kappa shape index (κ3) is 2.24. The third-order valence-corrected chi connectivity index (χ3v) is 3.06. The quantitative estimate of drug-likeness (QED) is 0.880. The molecule has 2 rings (SSSR count). The molecule has 1 N–H and O–H groups in total. The number of aromatic nitrogens is 2. The van der Waals surface area contributed by atoms with Crippen LogP contribution in [0, 0.1) is 13.8 Å². The van der Waals surface area contributed by atoms with E-state index in [1.807, 2.05) is 43.7 Å². The van der Waals surface area contributed by atoms with Crippen molar-refractivity contribution in [3.05, 3.63) is 52.8 Å². The zero-order valence-electron chi connectivity index (χ0n) is 10.5. The second-order valence-electron chi connectivity index (χ2n) is 4.33. The third-order valence-electron chi connectivity index (χ3n) is 3.06. The molecule has 90 valence electrons. The molecule has 3 nitrogen and oxygen atoms in total. The zero-order chi connectivity index (χ0) is 12.4. The summed E-state index contributed by atoms with van der Waals surface area (Å²) < 4.78 is 1.83. The number of hydrogen-bond acceptors (Lipinski definition) is 2. The second kappa shape index (κ2) is 4.72. The van der Waals surface area contributed by atoms with Crippen LogP contribution in [0.3, 0.4) is 0 Å². The van der Waals surface area contributed by atoms with E-state index in [0.29, 0.717) is 0 Å². The van der Waals surface area contributed by atoms with E-state index in [1.165, 1.54) is 0 Å². The SMILES string of the molecule is CCn1nccc1C(O)c1cc(C)ccc1C. The molecular formula is C14H18N2O. The average molecular weight is 230 g/mol. The van der Waals surface area contributed by atoms with Crippen LogP contribution in [-0.4, -0.2) is 14.9 Å². The largest absolute Gasteiger partial charge is 0.382 e. The molecule has 0 amide bonds. The predicted molar refractivity (Wildman–Crippen MR) is 67.9 cm³/mol.